The first kappa shape index (κ1) is 97.6. The molecular formula is C104H130FN25O10S. The summed E-state index contributed by atoms with van der Waals surface area (Å²) in [5.41, 5.74) is 20.8. The SMILES string of the molecule is CC(=O)N1CCc2c(c(Nc3cc(C)cc(C(=O)NC(C)C)c3)nn2CC2CC2)C1.CC(=O)N1CCc2c(c(Nc3ccc4c(c3)C(=O)N(C)CC4)nn2CC2CC2)C1.CC(=O)N1CCc2c(c(Nc3cccc(-c4cnn(C)c4)c3F)nn2C2CCOC2)C1.CC(=O)N1CCc2c(c(Nc3cccc(S(C)(=O)=O)c3)nn2CC2CC2)C1.CC(=O)N1CCc2c(c(Nc3cncc(C)c3)nn2CC2CC2)C1. The van der Waals surface area contributed by atoms with Crippen LogP contribution in [-0.4, -0.2) is 215 Å². The van der Waals surface area contributed by atoms with Crippen LogP contribution in [0.4, 0.5) is 61.9 Å². The van der Waals surface area contributed by atoms with E-state index in [0.717, 1.165) is 205 Å². The molecule has 1 atom stereocenters. The van der Waals surface area contributed by atoms with Gasteiger partial charge in [0.05, 0.1) is 74.0 Å². The van der Waals surface area contributed by atoms with Gasteiger partial charge in [-0.1, -0.05) is 24.3 Å². The molecule has 22 rings (SSSR count). The third-order valence-corrected chi connectivity index (χ3v) is 29.3. The van der Waals surface area contributed by atoms with Crippen molar-refractivity contribution in [2.75, 3.05) is 92.4 Å². The lowest BCUT2D eigenvalue weighted by Crippen LogP contribution is -2.35. The number of hydrogen-bond donors (Lipinski definition) is 6. The fourth-order valence-corrected chi connectivity index (χ4v) is 20.2. The van der Waals surface area contributed by atoms with E-state index in [4.69, 9.17) is 30.2 Å². The highest BCUT2D eigenvalue weighted by Crippen LogP contribution is 2.43. The number of amides is 7. The van der Waals surface area contributed by atoms with Gasteiger partial charge in [-0.05, 0) is 193 Å². The molecule has 1 unspecified atom stereocenters. The summed E-state index contributed by atoms with van der Waals surface area (Å²) in [7, 11) is 0.371. The minimum atomic E-state index is -3.28. The molecule has 4 aliphatic carbocycles. The number of ether oxygens (including phenoxy) is 1. The molecule has 744 valence electrons. The zero-order valence-corrected chi connectivity index (χ0v) is 83.7. The summed E-state index contributed by atoms with van der Waals surface area (Å²) in [4.78, 5) is 100. The van der Waals surface area contributed by atoms with E-state index in [1.54, 1.807) is 98.9 Å². The number of benzene rings is 4. The third-order valence-electron chi connectivity index (χ3n) is 28.2. The number of hydrogen-bond acceptors (Lipinski definition) is 22. The van der Waals surface area contributed by atoms with Gasteiger partial charge >= 0.3 is 0 Å². The highest BCUT2D eigenvalue weighted by molar-refractivity contribution is 7.90. The molecule has 7 amide bonds. The molecule has 4 saturated carbocycles. The summed E-state index contributed by atoms with van der Waals surface area (Å²) < 4.78 is 56.8. The van der Waals surface area contributed by atoms with E-state index in [1.165, 1.54) is 80.4 Å². The summed E-state index contributed by atoms with van der Waals surface area (Å²) >= 11 is 0. The second kappa shape index (κ2) is 41.7. The predicted molar refractivity (Wildman–Crippen MR) is 535 cm³/mol. The normalized spacial score (nSPS) is 17.3. The molecule has 5 fully saturated rings. The average molecular weight is 1940 g/mol. The van der Waals surface area contributed by atoms with Crippen molar-refractivity contribution in [3.05, 3.63) is 200 Å². The molecule has 7 aromatic heterocycles. The highest BCUT2D eigenvalue weighted by Gasteiger charge is 2.38. The van der Waals surface area contributed by atoms with Gasteiger partial charge < -0.3 is 66.0 Å². The fourth-order valence-electron chi connectivity index (χ4n) is 19.6. The van der Waals surface area contributed by atoms with Gasteiger partial charge in [-0.25, -0.2) is 12.8 Å². The Morgan fingerprint density at radius 2 is 0.915 bits per heavy atom. The lowest BCUT2D eigenvalue weighted by molar-refractivity contribution is -0.130. The van der Waals surface area contributed by atoms with Gasteiger partial charge in [0.15, 0.2) is 44.7 Å². The molecule has 0 bridgehead atoms. The first-order valence-electron chi connectivity index (χ1n) is 49.7. The number of anilines is 10. The fraction of sp³-hybridized carbons (Fsp3) is 0.481. The standard InChI is InChI=1S/C23H31N5O2.C22H25FN6O2.C22H27N5O2.C19H24N4O3S.C18H23N5O/c1-14(2)24-23(30)18-9-15(3)10-19(11-18)25-22-20-13-27(16(4)29)8-7-21(20)28(26-22)12-17-5-6-17;1-14(30)28-8-6-20-18(12-28)22(26-29(20)16-7-9-31-13-16)25-19-5-3-4-17(21(19)23)15-10-24-27(2)11-15;1-14(28)26-10-8-20-19(13-26)21(24-27(20)12-15-3-4-15)23-17-6-5-16-7-9-25(2)22(29)18(16)11-17;1-13(24)22-9-8-18-17(12-22)19(21-23(18)11-14-6-7-14)20-15-4-3-5-16(10-15)27(2,25)26;1-12-7-15(9-19-8-12)20-18-16-11-22(13(2)24)6-5-17(16)23(21-18)10-14-3-4-14/h9-11,14,17H,5-8,12-13H2,1-4H3,(H,24,30)(H,25,26);3-5,10-11,16H,6-9,12-13H2,1-2H3,(H,25,26);5-6,11,15H,3-4,7-10,12-13H2,1-2H3,(H,23,24);3-5,10,14H,6-9,11-12H2,1-2H3,(H,20,21);7-9,14H,3-6,10-11H2,1-2H3,(H,20,21). The number of pyridine rings is 1. The molecule has 0 spiro atoms. The lowest BCUT2D eigenvalue weighted by Gasteiger charge is -2.27. The second-order valence-electron chi connectivity index (χ2n) is 40.1. The van der Waals surface area contributed by atoms with Crippen molar-refractivity contribution in [3.63, 3.8) is 0 Å². The maximum absolute atomic E-state index is 15.4. The Kier molecular flexibility index (Phi) is 28.9. The van der Waals surface area contributed by atoms with Gasteiger partial charge in [-0.15, -0.1) is 0 Å². The Morgan fingerprint density at radius 3 is 1.35 bits per heavy atom. The largest absolute Gasteiger partial charge is 0.379 e. The van der Waals surface area contributed by atoms with Gasteiger partial charge in [0.25, 0.3) is 11.8 Å². The number of fused-ring (bicyclic) bond motifs is 6. The number of carbonyl (C=O) groups is 7. The molecule has 11 aromatic rings. The maximum Gasteiger partial charge on any atom is 0.253 e. The van der Waals surface area contributed by atoms with Gasteiger partial charge in [0.1, 0.15) is 0 Å². The molecule has 6 N–H and O–H groups in total. The molecule has 14 heterocycles. The van der Waals surface area contributed by atoms with Crippen LogP contribution in [0.15, 0.2) is 115 Å². The van der Waals surface area contributed by atoms with E-state index < -0.39 is 9.84 Å². The third kappa shape index (κ3) is 23.4. The smallest absolute Gasteiger partial charge is 0.253 e. The zero-order chi connectivity index (χ0) is 98.9. The van der Waals surface area contributed by atoms with Crippen LogP contribution >= 0.6 is 0 Å². The van der Waals surface area contributed by atoms with Crippen molar-refractivity contribution < 1.29 is 51.1 Å². The molecular weight excluding hydrogens is 1810 g/mol. The molecule has 11 aliphatic rings. The van der Waals surface area contributed by atoms with Crippen molar-refractivity contribution in [1.82, 2.24) is 98.4 Å². The number of halogens is 1. The number of nitrogens with one attached hydrogen (secondary N) is 6. The first-order valence-corrected chi connectivity index (χ1v) is 51.6. The Balaban J connectivity index is 0.000000117. The van der Waals surface area contributed by atoms with Crippen molar-refractivity contribution in [1.29, 1.82) is 0 Å². The van der Waals surface area contributed by atoms with E-state index >= 15 is 4.39 Å². The minimum absolute atomic E-state index is 0.0262. The van der Waals surface area contributed by atoms with E-state index in [9.17, 15) is 42.0 Å². The number of likely N-dealkylation sites (N-methyl/N-ethyl adjacent to an activating group) is 1. The Morgan fingerprint density at radius 1 is 0.468 bits per heavy atom. The van der Waals surface area contributed by atoms with Gasteiger partial charge in [0.2, 0.25) is 29.5 Å². The van der Waals surface area contributed by atoms with E-state index in [2.05, 4.69) is 66.8 Å². The van der Waals surface area contributed by atoms with E-state index in [-0.39, 0.29) is 64.1 Å². The summed E-state index contributed by atoms with van der Waals surface area (Å²) in [6.07, 6.45) is 24.3. The predicted octanol–water partition coefficient (Wildman–Crippen LogP) is 14.0. The summed E-state index contributed by atoms with van der Waals surface area (Å²) in [6, 6.07) is 26.1. The number of rotatable bonds is 23. The summed E-state index contributed by atoms with van der Waals surface area (Å²) in [6.45, 7) is 28.3. The number of sulfone groups is 1. The van der Waals surface area contributed by atoms with Crippen molar-refractivity contribution in [2.45, 2.75) is 235 Å². The quantitative estimate of drug-likeness (QED) is 0.0346. The van der Waals surface area contributed by atoms with Crippen LogP contribution in [0.2, 0.25) is 0 Å². The molecule has 4 aromatic carbocycles. The molecule has 141 heavy (non-hydrogen) atoms. The van der Waals surface area contributed by atoms with Crippen molar-refractivity contribution in [3.8, 4) is 11.1 Å². The van der Waals surface area contributed by atoms with E-state index in [1.807, 2.05) is 120 Å². The minimum Gasteiger partial charge on any atom is -0.379 e. The summed E-state index contributed by atoms with van der Waals surface area (Å²) in [5.74, 6) is 6.70. The lowest BCUT2D eigenvalue weighted by atomic mass is 9.98. The number of carbonyl (C=O) groups excluding carboxylic acids is 7. The van der Waals surface area contributed by atoms with E-state index in [0.29, 0.717) is 105 Å². The Hall–Kier alpha value is -13.6. The number of aromatic nitrogens is 13. The summed E-state index contributed by atoms with van der Waals surface area (Å²) in [5, 5.41) is 48.1. The van der Waals surface area contributed by atoms with Crippen LogP contribution in [0.1, 0.15) is 206 Å². The number of nitrogens with zero attached hydrogens (tertiary/aromatic N) is 19. The number of aryl methyl sites for hydroxylation is 3. The first-order chi connectivity index (χ1) is 67.7. The highest BCUT2D eigenvalue weighted by atomic mass is 32.2. The van der Waals surface area contributed by atoms with Crippen molar-refractivity contribution in [2.24, 2.45) is 30.7 Å². The maximum atomic E-state index is 15.4. The van der Waals surface area contributed by atoms with Gasteiger partial charge in [0, 0.05) is 273 Å². The molecule has 35 nitrogen and oxygen atoms in total. The topological polar surface area (TPSA) is 374 Å². The Bertz CT molecular complexity index is 6700. The average Bonchev–Trinajstić information content (AvgIpc) is 1.64. The van der Waals surface area contributed by atoms with Gasteiger partial charge in [-0.3, -0.25) is 66.6 Å². The molecule has 7 aliphatic heterocycles. The van der Waals surface area contributed by atoms with Crippen LogP contribution in [0.5, 0.6) is 0 Å². The van der Waals surface area contributed by atoms with Crippen LogP contribution in [0, 0.1) is 43.3 Å². The van der Waals surface area contributed by atoms with Crippen molar-refractivity contribution >= 4 is 109 Å². The molecule has 37 heteroatoms. The van der Waals surface area contributed by atoms with Crippen LogP contribution < -0.4 is 31.9 Å². The van der Waals surface area contributed by atoms with Crippen LogP contribution in [-0.2, 0) is 143 Å². The van der Waals surface area contributed by atoms with Gasteiger partial charge in [-0.2, -0.15) is 30.6 Å². The molecule has 1 saturated heterocycles. The monoisotopic (exact) mass is 1940 g/mol. The molecule has 0 radical (unpaired) electrons. The van der Waals surface area contributed by atoms with Crippen LogP contribution in [0.25, 0.3) is 11.1 Å². The van der Waals surface area contributed by atoms with Crippen LogP contribution in [0.3, 0.4) is 0 Å². The Labute approximate surface area is 822 Å². The zero-order valence-electron chi connectivity index (χ0n) is 82.8. The second-order valence-corrected chi connectivity index (χ2v) is 42.1.